The summed E-state index contributed by atoms with van der Waals surface area (Å²) in [6.07, 6.45) is 1.42. The summed E-state index contributed by atoms with van der Waals surface area (Å²) >= 11 is 11.7. The standard InChI is InChI=1S/C24H19Cl2N3O4/c1-15-2-6-17(7-3-15)24(32)33-19-9-4-16(5-10-19)13-28-29-22(30)14-27-23(31)18-8-11-20(25)21(26)12-18/h2-13H,14H2,1H3,(H,27,31)(H,29,30)/b28-13+. The van der Waals surface area contributed by atoms with Gasteiger partial charge < -0.3 is 10.1 Å². The van der Waals surface area contributed by atoms with Crippen LogP contribution in [0, 0.1) is 6.92 Å². The van der Waals surface area contributed by atoms with Crippen molar-refractivity contribution in [3.63, 3.8) is 0 Å². The number of esters is 1. The summed E-state index contributed by atoms with van der Waals surface area (Å²) in [5.74, 6) is -1.05. The van der Waals surface area contributed by atoms with E-state index in [-0.39, 0.29) is 17.1 Å². The highest BCUT2D eigenvalue weighted by atomic mass is 35.5. The van der Waals surface area contributed by atoms with Gasteiger partial charge >= 0.3 is 5.97 Å². The number of carbonyl (C=O) groups excluding carboxylic acids is 3. The second kappa shape index (κ2) is 11.3. The number of nitrogens with zero attached hydrogens (tertiary/aromatic N) is 1. The molecule has 0 heterocycles. The van der Waals surface area contributed by atoms with E-state index >= 15 is 0 Å². The van der Waals surface area contributed by atoms with Crippen LogP contribution in [0.4, 0.5) is 0 Å². The summed E-state index contributed by atoms with van der Waals surface area (Å²) in [6.45, 7) is 1.66. The van der Waals surface area contributed by atoms with E-state index in [1.165, 1.54) is 24.4 Å². The fourth-order valence-corrected chi connectivity index (χ4v) is 2.89. The zero-order valence-corrected chi connectivity index (χ0v) is 19.0. The molecule has 9 heteroatoms. The van der Waals surface area contributed by atoms with E-state index < -0.39 is 17.8 Å². The van der Waals surface area contributed by atoms with E-state index in [2.05, 4.69) is 15.8 Å². The van der Waals surface area contributed by atoms with Gasteiger partial charge in [0.15, 0.2) is 0 Å². The first-order valence-electron chi connectivity index (χ1n) is 9.76. The van der Waals surface area contributed by atoms with Crippen molar-refractivity contribution < 1.29 is 19.1 Å². The van der Waals surface area contributed by atoms with Crippen LogP contribution in [0.15, 0.2) is 71.8 Å². The summed E-state index contributed by atoms with van der Waals surface area (Å²) in [5, 5.41) is 6.88. The van der Waals surface area contributed by atoms with Gasteiger partial charge in [-0.15, -0.1) is 0 Å². The molecule has 0 saturated carbocycles. The van der Waals surface area contributed by atoms with E-state index in [9.17, 15) is 14.4 Å². The Balaban J connectivity index is 1.45. The van der Waals surface area contributed by atoms with E-state index in [0.29, 0.717) is 21.9 Å². The molecule has 0 aliphatic rings. The smallest absolute Gasteiger partial charge is 0.343 e. The van der Waals surface area contributed by atoms with E-state index in [4.69, 9.17) is 27.9 Å². The summed E-state index contributed by atoms with van der Waals surface area (Å²) in [6, 6.07) is 18.1. The van der Waals surface area contributed by atoms with Crippen LogP contribution >= 0.6 is 23.2 Å². The minimum atomic E-state index is -0.511. The second-order valence-corrected chi connectivity index (χ2v) is 7.74. The lowest BCUT2D eigenvalue weighted by atomic mass is 10.1. The van der Waals surface area contributed by atoms with E-state index in [0.717, 1.165) is 5.56 Å². The molecule has 0 aromatic heterocycles. The summed E-state index contributed by atoms with van der Waals surface area (Å²) < 4.78 is 5.33. The Morgan fingerprint density at radius 3 is 2.24 bits per heavy atom. The zero-order valence-electron chi connectivity index (χ0n) is 17.5. The van der Waals surface area contributed by atoms with E-state index in [1.54, 1.807) is 36.4 Å². The Hall–Kier alpha value is -3.68. The van der Waals surface area contributed by atoms with Gasteiger partial charge in [-0.1, -0.05) is 40.9 Å². The molecule has 33 heavy (non-hydrogen) atoms. The normalized spacial score (nSPS) is 10.6. The highest BCUT2D eigenvalue weighted by molar-refractivity contribution is 6.42. The van der Waals surface area contributed by atoms with Crippen LogP contribution in [0.3, 0.4) is 0 Å². The van der Waals surface area contributed by atoms with Crippen LogP contribution < -0.4 is 15.5 Å². The number of hydrogen-bond acceptors (Lipinski definition) is 5. The molecule has 7 nitrogen and oxygen atoms in total. The first kappa shape index (κ1) is 24.0. The average Bonchev–Trinajstić information content (AvgIpc) is 2.81. The van der Waals surface area contributed by atoms with Gasteiger partial charge in [-0.05, 0) is 67.1 Å². The lowest BCUT2D eigenvalue weighted by molar-refractivity contribution is -0.120. The Morgan fingerprint density at radius 2 is 1.58 bits per heavy atom. The highest BCUT2D eigenvalue weighted by Gasteiger charge is 2.10. The first-order chi connectivity index (χ1) is 15.8. The molecule has 0 saturated heterocycles. The molecule has 0 aliphatic carbocycles. The van der Waals surface area contributed by atoms with Gasteiger partial charge in [-0.3, -0.25) is 9.59 Å². The van der Waals surface area contributed by atoms with Gasteiger partial charge in [0.05, 0.1) is 28.4 Å². The molecular formula is C24H19Cl2N3O4. The molecule has 0 spiro atoms. The predicted octanol–water partition coefficient (Wildman–Crippen LogP) is 4.40. The molecular weight excluding hydrogens is 465 g/mol. The Kier molecular flexibility index (Phi) is 8.18. The number of ether oxygens (including phenoxy) is 1. The fourth-order valence-electron chi connectivity index (χ4n) is 2.60. The summed E-state index contributed by atoms with van der Waals surface area (Å²) in [5.41, 5.74) is 4.78. The van der Waals surface area contributed by atoms with Gasteiger partial charge in [0.25, 0.3) is 11.8 Å². The fraction of sp³-hybridized carbons (Fsp3) is 0.0833. The minimum absolute atomic E-state index is 0.245. The lowest BCUT2D eigenvalue weighted by Crippen LogP contribution is -2.34. The topological polar surface area (TPSA) is 96.9 Å². The van der Waals surface area contributed by atoms with Crippen molar-refractivity contribution in [2.75, 3.05) is 6.54 Å². The van der Waals surface area contributed by atoms with Crippen molar-refractivity contribution in [2.24, 2.45) is 5.10 Å². The third-order valence-corrected chi connectivity index (χ3v) is 5.11. The van der Waals surface area contributed by atoms with Gasteiger partial charge in [-0.25, -0.2) is 10.2 Å². The zero-order chi connectivity index (χ0) is 23.8. The van der Waals surface area contributed by atoms with Crippen molar-refractivity contribution in [1.82, 2.24) is 10.7 Å². The minimum Gasteiger partial charge on any atom is -0.423 e. The molecule has 0 atom stereocenters. The lowest BCUT2D eigenvalue weighted by Gasteiger charge is -2.06. The Bertz CT molecular complexity index is 1190. The maximum Gasteiger partial charge on any atom is 0.343 e. The Labute approximate surface area is 200 Å². The van der Waals surface area contributed by atoms with Crippen molar-refractivity contribution in [2.45, 2.75) is 6.92 Å². The molecule has 2 N–H and O–H groups in total. The molecule has 3 aromatic carbocycles. The highest BCUT2D eigenvalue weighted by Crippen LogP contribution is 2.22. The molecule has 0 radical (unpaired) electrons. The number of aryl methyl sites for hydroxylation is 1. The molecule has 0 bridgehead atoms. The first-order valence-corrected chi connectivity index (χ1v) is 10.5. The van der Waals surface area contributed by atoms with Crippen LogP contribution in [0.5, 0.6) is 5.75 Å². The average molecular weight is 484 g/mol. The van der Waals surface area contributed by atoms with Crippen molar-refractivity contribution in [3.05, 3.63) is 99.0 Å². The van der Waals surface area contributed by atoms with Gasteiger partial charge in [0.2, 0.25) is 0 Å². The number of benzene rings is 3. The van der Waals surface area contributed by atoms with Crippen LogP contribution in [0.25, 0.3) is 0 Å². The monoisotopic (exact) mass is 483 g/mol. The summed E-state index contributed by atoms with van der Waals surface area (Å²) in [7, 11) is 0. The number of carbonyl (C=O) groups is 3. The number of hydrazone groups is 1. The van der Waals surface area contributed by atoms with Crippen molar-refractivity contribution in [3.8, 4) is 5.75 Å². The number of hydrogen-bond donors (Lipinski definition) is 2. The van der Waals surface area contributed by atoms with E-state index in [1.807, 2.05) is 19.1 Å². The SMILES string of the molecule is Cc1ccc(C(=O)Oc2ccc(/C=N/NC(=O)CNC(=O)c3ccc(Cl)c(Cl)c3)cc2)cc1. The molecule has 2 amide bonds. The molecule has 0 aliphatic heterocycles. The molecule has 0 fully saturated rings. The molecule has 3 rings (SSSR count). The summed E-state index contributed by atoms with van der Waals surface area (Å²) in [4.78, 5) is 36.1. The second-order valence-electron chi connectivity index (χ2n) is 6.93. The van der Waals surface area contributed by atoms with Gasteiger partial charge in [-0.2, -0.15) is 5.10 Å². The molecule has 0 unspecified atom stereocenters. The van der Waals surface area contributed by atoms with Crippen LogP contribution in [-0.4, -0.2) is 30.5 Å². The van der Waals surface area contributed by atoms with Crippen LogP contribution in [-0.2, 0) is 4.79 Å². The van der Waals surface area contributed by atoms with Crippen molar-refractivity contribution in [1.29, 1.82) is 0 Å². The maximum atomic E-state index is 12.2. The van der Waals surface area contributed by atoms with Gasteiger partial charge in [0.1, 0.15) is 5.75 Å². The maximum absolute atomic E-state index is 12.2. The van der Waals surface area contributed by atoms with Gasteiger partial charge in [0, 0.05) is 5.56 Å². The quantitative estimate of drug-likeness (QED) is 0.225. The number of rotatable bonds is 7. The third kappa shape index (κ3) is 7.17. The number of amides is 2. The third-order valence-electron chi connectivity index (χ3n) is 4.37. The number of nitrogens with one attached hydrogen (secondary N) is 2. The molecule has 3 aromatic rings. The largest absolute Gasteiger partial charge is 0.423 e. The molecule has 168 valence electrons. The number of halogens is 2. The Morgan fingerprint density at radius 1 is 0.909 bits per heavy atom. The predicted molar refractivity (Wildman–Crippen MR) is 127 cm³/mol. The van der Waals surface area contributed by atoms with Crippen LogP contribution in [0.2, 0.25) is 10.0 Å². The van der Waals surface area contributed by atoms with Crippen LogP contribution in [0.1, 0.15) is 31.8 Å². The van der Waals surface area contributed by atoms with Crippen molar-refractivity contribution >= 4 is 47.2 Å².